The Morgan fingerprint density at radius 3 is 2.94 bits per heavy atom. The lowest BCUT2D eigenvalue weighted by atomic mass is 10.1. The molecule has 1 saturated carbocycles. The maximum atomic E-state index is 12.0. The van der Waals surface area contributed by atoms with Gasteiger partial charge in [-0.2, -0.15) is 0 Å². The molecule has 0 aromatic heterocycles. The molecule has 0 amide bonds. The summed E-state index contributed by atoms with van der Waals surface area (Å²) in [4.78, 5) is 12.0. The number of nitrogens with one attached hydrogen (secondary N) is 1. The lowest BCUT2D eigenvalue weighted by Crippen LogP contribution is -2.21. The van der Waals surface area contributed by atoms with Gasteiger partial charge < -0.3 is 15.2 Å². The molecule has 84 valence electrons. The van der Waals surface area contributed by atoms with Crippen LogP contribution >= 0.6 is 0 Å². The molecule has 16 heavy (non-hydrogen) atoms. The van der Waals surface area contributed by atoms with E-state index in [1.54, 1.807) is 6.07 Å². The first kappa shape index (κ1) is 9.66. The van der Waals surface area contributed by atoms with Crippen molar-refractivity contribution in [2.75, 3.05) is 18.5 Å². The predicted molar refractivity (Wildman–Crippen MR) is 58.9 cm³/mol. The fourth-order valence-electron chi connectivity index (χ4n) is 2.05. The summed E-state index contributed by atoms with van der Waals surface area (Å²) in [5.74, 6) is 0.798. The first-order valence-corrected chi connectivity index (χ1v) is 5.48. The van der Waals surface area contributed by atoms with Crippen LogP contribution in [-0.2, 0) is 0 Å². The third-order valence-electron chi connectivity index (χ3n) is 3.09. The number of aliphatic hydroxyl groups is 1. The van der Waals surface area contributed by atoms with Crippen LogP contribution in [0.1, 0.15) is 23.2 Å². The fraction of sp³-hybridized carbons (Fsp3) is 0.417. The van der Waals surface area contributed by atoms with Gasteiger partial charge in [0.05, 0.1) is 12.2 Å². The predicted octanol–water partition coefficient (Wildman–Crippen LogP) is 1.20. The van der Waals surface area contributed by atoms with E-state index >= 15 is 0 Å². The highest BCUT2D eigenvalue weighted by atomic mass is 16.5. The number of ether oxygens (including phenoxy) is 1. The summed E-state index contributed by atoms with van der Waals surface area (Å²) in [5, 5.41) is 11.7. The normalized spacial score (nSPS) is 19.4. The molecular weight excluding hydrogens is 206 g/mol. The number of Topliss-reactive ketones (excluding diaryl/α,β-unsaturated/α-hetero) is 1. The van der Waals surface area contributed by atoms with E-state index in [9.17, 15) is 4.79 Å². The van der Waals surface area contributed by atoms with E-state index in [-0.39, 0.29) is 12.4 Å². The molecule has 3 rings (SSSR count). The van der Waals surface area contributed by atoms with E-state index in [0.29, 0.717) is 17.9 Å². The lowest BCUT2D eigenvalue weighted by molar-refractivity contribution is 0.0820. The standard InChI is InChI=1S/C12H13NO3/c14-6-5-13-8-1-2-10-9(7-8)11(15)12(16-10)3-4-12/h1-2,7,13-14H,3-6H2. The molecule has 1 aromatic carbocycles. The summed E-state index contributed by atoms with van der Waals surface area (Å²) in [6.07, 6.45) is 1.67. The molecule has 4 heteroatoms. The van der Waals surface area contributed by atoms with Gasteiger partial charge in [-0.05, 0) is 31.0 Å². The second-order valence-corrected chi connectivity index (χ2v) is 4.29. The zero-order chi connectivity index (χ0) is 11.2. The van der Waals surface area contributed by atoms with Gasteiger partial charge >= 0.3 is 0 Å². The second kappa shape index (κ2) is 3.22. The van der Waals surface area contributed by atoms with E-state index in [2.05, 4.69) is 5.32 Å². The van der Waals surface area contributed by atoms with Crippen molar-refractivity contribution >= 4 is 11.5 Å². The smallest absolute Gasteiger partial charge is 0.210 e. The van der Waals surface area contributed by atoms with Gasteiger partial charge in [0.2, 0.25) is 5.78 Å². The summed E-state index contributed by atoms with van der Waals surface area (Å²) < 4.78 is 5.65. The van der Waals surface area contributed by atoms with Gasteiger partial charge in [-0.25, -0.2) is 0 Å². The van der Waals surface area contributed by atoms with Crippen LogP contribution in [0.5, 0.6) is 5.75 Å². The van der Waals surface area contributed by atoms with E-state index in [1.165, 1.54) is 0 Å². The first-order chi connectivity index (χ1) is 7.75. The Morgan fingerprint density at radius 2 is 2.25 bits per heavy atom. The molecule has 1 heterocycles. The van der Waals surface area contributed by atoms with Crippen LogP contribution in [0.3, 0.4) is 0 Å². The van der Waals surface area contributed by atoms with Crippen molar-refractivity contribution in [3.63, 3.8) is 0 Å². The Balaban J connectivity index is 1.89. The maximum absolute atomic E-state index is 12.0. The number of ketones is 1. The zero-order valence-corrected chi connectivity index (χ0v) is 8.82. The van der Waals surface area contributed by atoms with Crippen LogP contribution in [0.2, 0.25) is 0 Å². The van der Waals surface area contributed by atoms with Crippen LogP contribution in [-0.4, -0.2) is 29.6 Å². The van der Waals surface area contributed by atoms with E-state index in [1.807, 2.05) is 12.1 Å². The molecule has 1 aliphatic carbocycles. The average molecular weight is 219 g/mol. The number of carbonyl (C=O) groups is 1. The van der Waals surface area contributed by atoms with Crippen molar-refractivity contribution in [1.29, 1.82) is 0 Å². The Kier molecular flexibility index (Phi) is 1.94. The quantitative estimate of drug-likeness (QED) is 0.802. The van der Waals surface area contributed by atoms with Gasteiger partial charge in [0, 0.05) is 12.2 Å². The average Bonchev–Trinajstić information content (AvgIpc) is 3.02. The highest BCUT2D eigenvalue weighted by Gasteiger charge is 2.57. The zero-order valence-electron chi connectivity index (χ0n) is 8.82. The van der Waals surface area contributed by atoms with Crippen molar-refractivity contribution in [3.05, 3.63) is 23.8 Å². The molecule has 2 N–H and O–H groups in total. The molecule has 1 aliphatic heterocycles. The topological polar surface area (TPSA) is 58.6 Å². The molecule has 0 atom stereocenters. The maximum Gasteiger partial charge on any atom is 0.210 e. The Bertz CT molecular complexity index is 452. The summed E-state index contributed by atoms with van der Waals surface area (Å²) in [6, 6.07) is 5.49. The van der Waals surface area contributed by atoms with Crippen molar-refractivity contribution in [3.8, 4) is 5.75 Å². The highest BCUT2D eigenvalue weighted by molar-refractivity contribution is 6.09. The van der Waals surface area contributed by atoms with E-state index in [0.717, 1.165) is 18.5 Å². The van der Waals surface area contributed by atoms with Gasteiger partial charge in [-0.1, -0.05) is 0 Å². The van der Waals surface area contributed by atoms with Gasteiger partial charge in [-0.3, -0.25) is 4.79 Å². The third kappa shape index (κ3) is 1.30. The fourth-order valence-corrected chi connectivity index (χ4v) is 2.05. The van der Waals surface area contributed by atoms with Crippen molar-refractivity contribution in [2.45, 2.75) is 18.4 Å². The molecule has 2 aliphatic rings. The molecule has 0 bridgehead atoms. The minimum atomic E-state index is -0.516. The molecule has 0 saturated heterocycles. The minimum absolute atomic E-state index is 0.0749. The molecule has 1 spiro atoms. The van der Waals surface area contributed by atoms with Crippen LogP contribution in [0.15, 0.2) is 18.2 Å². The van der Waals surface area contributed by atoms with Crippen LogP contribution in [0.25, 0.3) is 0 Å². The number of carbonyl (C=O) groups excluding carboxylic acids is 1. The second-order valence-electron chi connectivity index (χ2n) is 4.29. The summed E-state index contributed by atoms with van der Waals surface area (Å²) in [7, 11) is 0. The molecular formula is C12H13NO3. The number of hydrogen-bond donors (Lipinski definition) is 2. The van der Waals surface area contributed by atoms with Gasteiger partial charge in [-0.15, -0.1) is 0 Å². The van der Waals surface area contributed by atoms with E-state index < -0.39 is 5.60 Å². The van der Waals surface area contributed by atoms with Crippen molar-refractivity contribution in [2.24, 2.45) is 0 Å². The minimum Gasteiger partial charge on any atom is -0.478 e. The Morgan fingerprint density at radius 1 is 1.44 bits per heavy atom. The van der Waals surface area contributed by atoms with Crippen molar-refractivity contribution in [1.82, 2.24) is 0 Å². The molecule has 1 aromatic rings. The lowest BCUT2D eigenvalue weighted by Gasteiger charge is -2.05. The number of benzene rings is 1. The number of aliphatic hydroxyl groups excluding tert-OH is 1. The number of fused-ring (bicyclic) bond motifs is 1. The SMILES string of the molecule is O=C1c2cc(NCCO)ccc2OC12CC2. The van der Waals surface area contributed by atoms with Crippen LogP contribution in [0.4, 0.5) is 5.69 Å². The van der Waals surface area contributed by atoms with E-state index in [4.69, 9.17) is 9.84 Å². The summed E-state index contributed by atoms with van der Waals surface area (Å²) in [6.45, 7) is 0.560. The van der Waals surface area contributed by atoms with Crippen molar-refractivity contribution < 1.29 is 14.6 Å². The summed E-state index contributed by atoms with van der Waals surface area (Å²) >= 11 is 0. The number of hydrogen-bond acceptors (Lipinski definition) is 4. The first-order valence-electron chi connectivity index (χ1n) is 5.48. The number of rotatable bonds is 3. The van der Waals surface area contributed by atoms with Crippen LogP contribution < -0.4 is 10.1 Å². The van der Waals surface area contributed by atoms with Crippen LogP contribution in [0, 0.1) is 0 Å². The van der Waals surface area contributed by atoms with Gasteiger partial charge in [0.15, 0.2) is 5.60 Å². The number of anilines is 1. The molecule has 4 nitrogen and oxygen atoms in total. The highest BCUT2D eigenvalue weighted by Crippen LogP contribution is 2.50. The largest absolute Gasteiger partial charge is 0.478 e. The molecule has 0 radical (unpaired) electrons. The monoisotopic (exact) mass is 219 g/mol. The molecule has 0 unspecified atom stereocenters. The summed E-state index contributed by atoms with van der Waals surface area (Å²) in [5.41, 5.74) is 1.00. The Labute approximate surface area is 93.2 Å². The van der Waals surface area contributed by atoms with Gasteiger partial charge in [0.1, 0.15) is 5.75 Å². The van der Waals surface area contributed by atoms with Gasteiger partial charge in [0.25, 0.3) is 0 Å². The Hall–Kier alpha value is -1.55. The third-order valence-corrected chi connectivity index (χ3v) is 3.09. The molecule has 1 fully saturated rings.